The maximum absolute atomic E-state index is 7.36. The van der Waals surface area contributed by atoms with Crippen molar-refractivity contribution in [2.24, 2.45) is 0 Å². The average Bonchev–Trinajstić information content (AvgIpc) is 3.60. The first-order chi connectivity index (χ1) is 23.9. The number of fused-ring (bicyclic) bond motifs is 12. The van der Waals surface area contributed by atoms with Gasteiger partial charge in [0.2, 0.25) is 0 Å². The first-order valence-electron chi connectivity index (χ1n) is 17.7. The zero-order chi connectivity index (χ0) is 34.4. The quantitative estimate of drug-likeness (QED) is 0.122. The fraction of sp³-hybridized carbons (Fsp3) is 0.217. The molecule has 0 saturated carbocycles. The number of hydrogen-bond acceptors (Lipinski definition) is 1. The molecule has 0 amide bonds. The monoisotopic (exact) mass is 716 g/mol. The van der Waals surface area contributed by atoms with Crippen LogP contribution in [-0.4, -0.2) is 23.3 Å². The van der Waals surface area contributed by atoms with Crippen LogP contribution in [0.4, 0.5) is 0 Å². The summed E-state index contributed by atoms with van der Waals surface area (Å²) in [4.78, 5) is 0. The van der Waals surface area contributed by atoms with Crippen molar-refractivity contribution in [2.75, 3.05) is 0 Å². The Labute approximate surface area is 297 Å². The van der Waals surface area contributed by atoms with Crippen LogP contribution in [0.2, 0.25) is 0 Å². The molecule has 246 valence electrons. The van der Waals surface area contributed by atoms with Crippen molar-refractivity contribution in [2.45, 2.75) is 66.2 Å². The van der Waals surface area contributed by atoms with E-state index in [1.54, 1.807) is 0 Å². The van der Waals surface area contributed by atoms with Crippen molar-refractivity contribution in [3.8, 4) is 11.1 Å². The Kier molecular flexibility index (Phi) is 5.98. The Balaban J connectivity index is 1.51. The first-order valence-corrected chi connectivity index (χ1v) is 19.4. The van der Waals surface area contributed by atoms with Crippen molar-refractivity contribution in [1.82, 2.24) is 8.80 Å². The molecular weight excluding hydrogens is 675 g/mol. The van der Waals surface area contributed by atoms with E-state index in [0.29, 0.717) is 0 Å². The van der Waals surface area contributed by atoms with Crippen LogP contribution in [0.3, 0.4) is 0 Å². The van der Waals surface area contributed by atoms with E-state index in [2.05, 4.69) is 161 Å². The minimum atomic E-state index is 0.0147. The molecule has 0 saturated heterocycles. The molecule has 10 rings (SSSR count). The topological polar surface area (TPSA) is 22.0 Å². The van der Waals surface area contributed by atoms with Crippen molar-refractivity contribution in [3.63, 3.8) is 0 Å². The maximum atomic E-state index is 7.36. The summed E-state index contributed by atoms with van der Waals surface area (Å²) in [6.07, 6.45) is 0. The molecule has 0 unspecified atom stereocenters. The van der Waals surface area contributed by atoms with E-state index in [9.17, 15) is 0 Å². The summed E-state index contributed by atoms with van der Waals surface area (Å²) in [5.74, 6) is 0. The molecule has 4 aromatic heterocycles. The van der Waals surface area contributed by atoms with Crippen molar-refractivity contribution in [1.29, 1.82) is 0 Å². The summed E-state index contributed by atoms with van der Waals surface area (Å²) >= 11 is 0.105. The van der Waals surface area contributed by atoms with Gasteiger partial charge in [0.05, 0.1) is 0 Å². The van der Waals surface area contributed by atoms with Gasteiger partial charge in [-0.1, -0.05) is 0 Å². The molecule has 0 N–H and O–H groups in total. The molecule has 10 aromatic rings. The molecule has 0 atom stereocenters. The van der Waals surface area contributed by atoms with Gasteiger partial charge in [-0.2, -0.15) is 0 Å². The second-order valence-electron chi connectivity index (χ2n) is 16.4. The van der Waals surface area contributed by atoms with Gasteiger partial charge in [0, 0.05) is 0 Å². The van der Waals surface area contributed by atoms with E-state index >= 15 is 0 Å². The molecule has 3 nitrogen and oxygen atoms in total. The zero-order valence-electron chi connectivity index (χ0n) is 29.9. The third-order valence-electron chi connectivity index (χ3n) is 11.1. The first kappa shape index (κ1) is 30.1. The molecule has 0 radical (unpaired) electrons. The summed E-state index contributed by atoms with van der Waals surface area (Å²) < 4.78 is 15.3. The van der Waals surface area contributed by atoms with Crippen LogP contribution in [0.25, 0.3) is 85.5 Å². The summed E-state index contributed by atoms with van der Waals surface area (Å²) in [7, 11) is 0. The van der Waals surface area contributed by atoms with Gasteiger partial charge in [-0.25, -0.2) is 0 Å². The number of benzene rings is 6. The Morgan fingerprint density at radius 2 is 1.16 bits per heavy atom. The number of nitrogens with zero attached hydrogens (tertiary/aromatic N) is 2. The van der Waals surface area contributed by atoms with Crippen molar-refractivity contribution >= 4 is 88.8 Å². The standard InChI is InChI=1S/C46H40N2OSe/c1-25-12-11-13-26(2)38(25)27-16-19-34-36(22-27)49-43-39-30-23-28(45(3,4)5)17-20-32(30)48-35-14-9-10-15-37(35)50-44(42(39)48)40-31-24-29(46(6,7)8)18-21-33(31)47(34)41(40)43/h9-24H,1-8H3. The third-order valence-corrected chi connectivity index (χ3v) is 13.5. The number of rotatable bonds is 1. The van der Waals surface area contributed by atoms with Gasteiger partial charge < -0.3 is 0 Å². The summed E-state index contributed by atoms with van der Waals surface area (Å²) in [5, 5.41) is 5.15. The Hall–Kier alpha value is -4.76. The summed E-state index contributed by atoms with van der Waals surface area (Å²) in [6.45, 7) is 18.3. The molecule has 0 fully saturated rings. The second kappa shape index (κ2) is 9.94. The molecule has 0 bridgehead atoms. The van der Waals surface area contributed by atoms with Crippen LogP contribution in [0.15, 0.2) is 101 Å². The van der Waals surface area contributed by atoms with Gasteiger partial charge in [0.25, 0.3) is 0 Å². The number of aryl methyl sites for hydroxylation is 2. The number of aromatic nitrogens is 2. The fourth-order valence-corrected chi connectivity index (χ4v) is 11.1. The minimum absolute atomic E-state index is 0.0147. The van der Waals surface area contributed by atoms with Crippen molar-refractivity contribution in [3.05, 3.63) is 119 Å². The Morgan fingerprint density at radius 1 is 0.560 bits per heavy atom. The van der Waals surface area contributed by atoms with Gasteiger partial charge in [0.1, 0.15) is 0 Å². The van der Waals surface area contributed by atoms with Gasteiger partial charge in [-0.3, -0.25) is 0 Å². The molecule has 0 aliphatic heterocycles. The Bertz CT molecular complexity index is 3030. The van der Waals surface area contributed by atoms with Crippen LogP contribution >= 0.6 is 0 Å². The van der Waals surface area contributed by atoms with E-state index in [0.717, 1.165) is 16.7 Å². The molecule has 0 spiro atoms. The van der Waals surface area contributed by atoms with Gasteiger partial charge in [-0.15, -0.1) is 0 Å². The normalized spacial score (nSPS) is 13.2. The second-order valence-corrected chi connectivity index (χ2v) is 18.6. The molecule has 4 heterocycles. The molecule has 50 heavy (non-hydrogen) atoms. The molecule has 0 aliphatic carbocycles. The van der Waals surface area contributed by atoms with E-state index in [4.69, 9.17) is 4.42 Å². The number of hydrogen-bond donors (Lipinski definition) is 0. The molecule has 0 aliphatic rings. The summed E-state index contributed by atoms with van der Waals surface area (Å²) in [6, 6.07) is 36.7. The van der Waals surface area contributed by atoms with E-state index in [1.807, 2.05) is 0 Å². The van der Waals surface area contributed by atoms with E-state index in [-0.39, 0.29) is 25.3 Å². The van der Waals surface area contributed by atoms with Gasteiger partial charge in [-0.05, 0) is 0 Å². The number of para-hydroxylation sites is 1. The summed E-state index contributed by atoms with van der Waals surface area (Å²) in [5.41, 5.74) is 17.0. The fourth-order valence-electron chi connectivity index (χ4n) is 8.50. The van der Waals surface area contributed by atoms with Gasteiger partial charge in [0.15, 0.2) is 0 Å². The van der Waals surface area contributed by atoms with Crippen LogP contribution in [-0.2, 0) is 10.8 Å². The third kappa shape index (κ3) is 3.98. The molecule has 6 aromatic carbocycles. The van der Waals surface area contributed by atoms with Crippen LogP contribution in [0, 0.1) is 13.8 Å². The van der Waals surface area contributed by atoms with Gasteiger partial charge >= 0.3 is 299 Å². The SMILES string of the molecule is Cc1cccc(C)c1-c1ccc2c(c1)oc1c3c4cc(C(C)(C)C)ccc4n4c5ccccc5[se]c(c5c6cc(C(C)(C)C)ccc6n2c15)c34. The van der Waals surface area contributed by atoms with E-state index in [1.165, 1.54) is 91.0 Å². The van der Waals surface area contributed by atoms with Crippen LogP contribution in [0.5, 0.6) is 0 Å². The predicted octanol–water partition coefficient (Wildman–Crippen LogP) is 12.6. The van der Waals surface area contributed by atoms with E-state index < -0.39 is 0 Å². The molecule has 4 heteroatoms. The average molecular weight is 716 g/mol. The predicted molar refractivity (Wildman–Crippen MR) is 215 cm³/mol. The molecular formula is C46H40N2OSe. The zero-order valence-corrected chi connectivity index (χ0v) is 31.7. The van der Waals surface area contributed by atoms with Crippen LogP contribution < -0.4 is 0 Å². The van der Waals surface area contributed by atoms with Crippen molar-refractivity contribution < 1.29 is 4.42 Å². The van der Waals surface area contributed by atoms with Crippen LogP contribution in [0.1, 0.15) is 63.8 Å². The Morgan fingerprint density at radius 3 is 1.82 bits per heavy atom.